The van der Waals surface area contributed by atoms with Crippen LogP contribution in [0.5, 0.6) is 0 Å². The Bertz CT molecular complexity index is 1070. The first-order valence-electron chi connectivity index (χ1n) is 10.5. The maximum atomic E-state index is 13.3. The lowest BCUT2D eigenvalue weighted by atomic mass is 10.0. The van der Waals surface area contributed by atoms with Crippen molar-refractivity contribution < 1.29 is 13.6 Å². The third-order valence-corrected chi connectivity index (χ3v) is 5.96. The van der Waals surface area contributed by atoms with E-state index < -0.39 is 5.92 Å². The third-order valence-electron chi connectivity index (χ3n) is 5.96. The monoisotopic (exact) mass is 410 g/mol. The van der Waals surface area contributed by atoms with Crippen LogP contribution < -0.4 is 5.32 Å². The number of nitrogens with zero attached hydrogens (tertiary/aromatic N) is 2. The van der Waals surface area contributed by atoms with Gasteiger partial charge in [-0.15, -0.1) is 0 Å². The summed E-state index contributed by atoms with van der Waals surface area (Å²) in [4.78, 5) is 21.6. The van der Waals surface area contributed by atoms with Crippen molar-refractivity contribution in [2.45, 2.75) is 31.6 Å². The van der Waals surface area contributed by atoms with E-state index in [1.54, 1.807) is 0 Å². The fraction of sp³-hybridized carbons (Fsp3) is 0.391. The van der Waals surface area contributed by atoms with Crippen LogP contribution in [-0.2, 0) is 11.2 Å². The van der Waals surface area contributed by atoms with E-state index in [0.717, 1.165) is 47.0 Å². The molecule has 2 N–H and O–H groups in total. The Balaban J connectivity index is 1.33. The van der Waals surface area contributed by atoms with Gasteiger partial charge in [0.2, 0.25) is 5.91 Å². The average molecular weight is 410 g/mol. The molecule has 0 atom stereocenters. The number of H-pyrrole nitrogens is 1. The van der Waals surface area contributed by atoms with E-state index in [2.05, 4.69) is 15.3 Å². The highest BCUT2D eigenvalue weighted by Gasteiger charge is 2.37. The number of pyridine rings is 1. The van der Waals surface area contributed by atoms with Crippen molar-refractivity contribution in [2.75, 3.05) is 25.0 Å². The molecule has 1 aliphatic carbocycles. The number of alkyl halides is 2. The Morgan fingerprint density at radius 2 is 2.03 bits per heavy atom. The summed E-state index contributed by atoms with van der Waals surface area (Å²) in [6.45, 7) is 0.968. The Morgan fingerprint density at radius 3 is 2.73 bits per heavy atom. The van der Waals surface area contributed by atoms with Crippen molar-refractivity contribution >= 4 is 22.8 Å². The van der Waals surface area contributed by atoms with Crippen LogP contribution >= 0.6 is 0 Å². The predicted molar refractivity (Wildman–Crippen MR) is 113 cm³/mol. The van der Waals surface area contributed by atoms with Gasteiger partial charge in [0.1, 0.15) is 11.5 Å². The molecule has 0 radical (unpaired) electrons. The molecule has 5 rings (SSSR count). The molecule has 0 spiro atoms. The van der Waals surface area contributed by atoms with Gasteiger partial charge in [-0.25, -0.2) is 13.8 Å². The molecule has 2 aromatic heterocycles. The molecule has 1 aromatic carbocycles. The normalized spacial score (nSPS) is 18.7. The third kappa shape index (κ3) is 4.07. The molecule has 1 aliphatic heterocycles. The van der Waals surface area contributed by atoms with Gasteiger partial charge in [0.25, 0.3) is 5.92 Å². The van der Waals surface area contributed by atoms with Gasteiger partial charge in [-0.3, -0.25) is 9.69 Å². The number of rotatable bonds is 6. The van der Waals surface area contributed by atoms with E-state index in [0.29, 0.717) is 18.9 Å². The Morgan fingerprint density at radius 1 is 1.23 bits per heavy atom. The van der Waals surface area contributed by atoms with Crippen LogP contribution in [0.15, 0.2) is 42.6 Å². The first-order chi connectivity index (χ1) is 14.5. The molecule has 5 nitrogen and oxygen atoms in total. The molecular formula is C23H24F2N4O. The zero-order chi connectivity index (χ0) is 20.7. The molecule has 156 valence electrons. The van der Waals surface area contributed by atoms with Gasteiger partial charge in [-0.05, 0) is 48.1 Å². The van der Waals surface area contributed by atoms with E-state index in [4.69, 9.17) is 0 Å². The summed E-state index contributed by atoms with van der Waals surface area (Å²) in [5.74, 6) is -1.85. The van der Waals surface area contributed by atoms with Crippen LogP contribution in [0.3, 0.4) is 0 Å². The summed E-state index contributed by atoms with van der Waals surface area (Å²) in [6.07, 6.45) is 4.43. The highest BCUT2D eigenvalue weighted by molar-refractivity contribution is 5.98. The van der Waals surface area contributed by atoms with Crippen LogP contribution in [0.4, 0.5) is 14.6 Å². The maximum absolute atomic E-state index is 13.3. The molecule has 2 fully saturated rings. The molecule has 1 saturated carbocycles. The lowest BCUT2D eigenvalue weighted by Gasteiger charge is -2.15. The summed E-state index contributed by atoms with van der Waals surface area (Å²) < 4.78 is 26.7. The quantitative estimate of drug-likeness (QED) is 0.631. The number of carbonyl (C=O) groups is 1. The van der Waals surface area contributed by atoms with Crippen LogP contribution in [0.2, 0.25) is 0 Å². The van der Waals surface area contributed by atoms with Gasteiger partial charge in [-0.2, -0.15) is 0 Å². The number of halogens is 2. The second kappa shape index (κ2) is 7.47. The highest BCUT2D eigenvalue weighted by atomic mass is 19.3. The molecule has 3 aromatic rings. The minimum absolute atomic E-state index is 0.0298. The number of carbonyl (C=O) groups excluding carboxylic acids is 1. The van der Waals surface area contributed by atoms with E-state index in [1.807, 2.05) is 47.5 Å². The number of hydrogen-bond donors (Lipinski definition) is 2. The number of benzene rings is 1. The average Bonchev–Trinajstić information content (AvgIpc) is 3.38. The first-order valence-corrected chi connectivity index (χ1v) is 10.5. The molecule has 3 heterocycles. The standard InChI is InChI=1S/C23H24F2N4O/c24-23(25)9-12-29(14-23)11-8-15-1-3-16(4-2-15)19-13-20(28-22(30)17-5-6-17)27-21-18(19)7-10-26-21/h1-4,7,10,13,17H,5-6,8-9,11-12,14H2,(H2,26,27,28,30). The number of aromatic nitrogens is 2. The molecular weight excluding hydrogens is 386 g/mol. The lowest BCUT2D eigenvalue weighted by molar-refractivity contribution is -0.117. The maximum Gasteiger partial charge on any atom is 0.261 e. The highest BCUT2D eigenvalue weighted by Crippen LogP contribution is 2.33. The minimum Gasteiger partial charge on any atom is -0.346 e. The van der Waals surface area contributed by atoms with Gasteiger partial charge < -0.3 is 10.3 Å². The zero-order valence-electron chi connectivity index (χ0n) is 16.6. The molecule has 30 heavy (non-hydrogen) atoms. The molecule has 2 aliphatic rings. The molecule has 1 amide bonds. The number of amides is 1. The second-order valence-electron chi connectivity index (χ2n) is 8.39. The summed E-state index contributed by atoms with van der Waals surface area (Å²) in [5.41, 5.74) is 3.88. The molecule has 0 unspecified atom stereocenters. The zero-order valence-corrected chi connectivity index (χ0v) is 16.6. The number of hydrogen-bond acceptors (Lipinski definition) is 3. The summed E-state index contributed by atoms with van der Waals surface area (Å²) >= 11 is 0. The molecule has 1 saturated heterocycles. The summed E-state index contributed by atoms with van der Waals surface area (Å²) in [7, 11) is 0. The topological polar surface area (TPSA) is 61.0 Å². The fourth-order valence-corrected chi connectivity index (χ4v) is 4.05. The Hall–Kier alpha value is -2.80. The fourth-order valence-electron chi connectivity index (χ4n) is 4.05. The van der Waals surface area contributed by atoms with Gasteiger partial charge in [0.05, 0.1) is 6.54 Å². The van der Waals surface area contributed by atoms with Gasteiger partial charge in [0.15, 0.2) is 0 Å². The van der Waals surface area contributed by atoms with Crippen molar-refractivity contribution in [2.24, 2.45) is 5.92 Å². The van der Waals surface area contributed by atoms with Crippen LogP contribution in [-0.4, -0.2) is 46.3 Å². The van der Waals surface area contributed by atoms with E-state index in [1.165, 1.54) is 0 Å². The van der Waals surface area contributed by atoms with Crippen molar-refractivity contribution in [3.8, 4) is 11.1 Å². The number of nitrogens with one attached hydrogen (secondary N) is 2. The van der Waals surface area contributed by atoms with Gasteiger partial charge in [-0.1, -0.05) is 24.3 Å². The Labute approximate surface area is 173 Å². The second-order valence-corrected chi connectivity index (χ2v) is 8.39. The SMILES string of the molecule is O=C(Nc1cc(-c2ccc(CCN3CCC(F)(F)C3)cc2)c2cc[nH]c2n1)C1CC1. The van der Waals surface area contributed by atoms with Gasteiger partial charge >= 0.3 is 0 Å². The van der Waals surface area contributed by atoms with E-state index >= 15 is 0 Å². The Kier molecular flexibility index (Phi) is 4.77. The molecule has 0 bridgehead atoms. The van der Waals surface area contributed by atoms with Gasteiger partial charge in [0, 0.05) is 37.0 Å². The largest absolute Gasteiger partial charge is 0.346 e. The number of aromatic amines is 1. The van der Waals surface area contributed by atoms with Crippen molar-refractivity contribution in [1.82, 2.24) is 14.9 Å². The first kappa shape index (κ1) is 19.2. The number of fused-ring (bicyclic) bond motifs is 1. The summed E-state index contributed by atoms with van der Waals surface area (Å²) in [6, 6.07) is 12.1. The number of anilines is 1. The smallest absolute Gasteiger partial charge is 0.261 e. The van der Waals surface area contributed by atoms with Crippen molar-refractivity contribution in [3.63, 3.8) is 0 Å². The summed E-state index contributed by atoms with van der Waals surface area (Å²) in [5, 5.41) is 3.92. The van der Waals surface area contributed by atoms with E-state index in [9.17, 15) is 13.6 Å². The van der Waals surface area contributed by atoms with Crippen molar-refractivity contribution in [3.05, 3.63) is 48.2 Å². The predicted octanol–water partition coefficient (Wildman–Crippen LogP) is 4.46. The van der Waals surface area contributed by atoms with Crippen LogP contribution in [0.1, 0.15) is 24.8 Å². The minimum atomic E-state index is -2.54. The molecule has 7 heteroatoms. The number of likely N-dealkylation sites (tertiary alicyclic amines) is 1. The van der Waals surface area contributed by atoms with E-state index in [-0.39, 0.29) is 24.8 Å². The lowest BCUT2D eigenvalue weighted by Crippen LogP contribution is -2.27. The van der Waals surface area contributed by atoms with Crippen LogP contribution in [0, 0.1) is 5.92 Å². The van der Waals surface area contributed by atoms with Crippen LogP contribution in [0.25, 0.3) is 22.2 Å². The van der Waals surface area contributed by atoms with Crippen molar-refractivity contribution in [1.29, 1.82) is 0 Å².